The Morgan fingerprint density at radius 1 is 1.21 bits per heavy atom. The summed E-state index contributed by atoms with van der Waals surface area (Å²) in [6.45, 7) is 0. The van der Waals surface area contributed by atoms with Crippen LogP contribution >= 0.6 is 12.2 Å². The topological polar surface area (TPSA) is 68.1 Å². The minimum atomic E-state index is 0.401. The first kappa shape index (κ1) is 15.8. The lowest BCUT2D eigenvalue weighted by Crippen LogP contribution is -1.95. The Bertz CT molecular complexity index is 927. The quantitative estimate of drug-likeness (QED) is 0.571. The van der Waals surface area contributed by atoms with E-state index in [-0.39, 0.29) is 0 Å². The van der Waals surface area contributed by atoms with Crippen LogP contribution in [0.4, 0.5) is 0 Å². The smallest absolute Gasteiger partial charge is 0.216 e. The lowest BCUT2D eigenvalue weighted by molar-refractivity contribution is 0.414. The molecule has 0 spiro atoms. The van der Waals surface area contributed by atoms with Crippen molar-refractivity contribution < 1.29 is 4.74 Å². The molecule has 3 aromatic rings. The van der Waals surface area contributed by atoms with E-state index in [1.54, 1.807) is 19.5 Å². The van der Waals surface area contributed by atoms with Gasteiger partial charge in [-0.05, 0) is 42.6 Å². The maximum absolute atomic E-state index is 5.30. The molecule has 7 heteroatoms. The first-order valence-corrected chi connectivity index (χ1v) is 7.63. The van der Waals surface area contributed by atoms with Gasteiger partial charge in [-0.25, -0.2) is 5.10 Å². The molecule has 0 amide bonds. The van der Waals surface area contributed by atoms with Crippen molar-refractivity contribution in [2.24, 2.45) is 5.10 Å². The second-order valence-electron chi connectivity index (χ2n) is 4.74. The second kappa shape index (κ2) is 7.47. The van der Waals surface area contributed by atoms with Gasteiger partial charge in [-0.3, -0.25) is 4.98 Å². The Kier molecular flexibility index (Phi) is 4.93. The summed E-state index contributed by atoms with van der Waals surface area (Å²) in [5, 5.41) is 11.2. The number of pyridine rings is 1. The van der Waals surface area contributed by atoms with Crippen LogP contribution in [-0.4, -0.2) is 33.2 Å². The lowest BCUT2D eigenvalue weighted by atomic mass is 10.2. The van der Waals surface area contributed by atoms with Gasteiger partial charge in [-0.2, -0.15) is 14.9 Å². The predicted octanol–water partition coefficient (Wildman–Crippen LogP) is 3.56. The molecule has 0 aliphatic carbocycles. The molecule has 0 saturated heterocycles. The summed E-state index contributed by atoms with van der Waals surface area (Å²) in [7, 11) is 1.64. The van der Waals surface area contributed by atoms with Gasteiger partial charge in [0.15, 0.2) is 0 Å². The highest BCUT2D eigenvalue weighted by atomic mass is 32.1. The van der Waals surface area contributed by atoms with Crippen molar-refractivity contribution in [3.63, 3.8) is 0 Å². The molecule has 0 unspecified atom stereocenters. The fourth-order valence-electron chi connectivity index (χ4n) is 2.12. The molecule has 0 fully saturated rings. The molecule has 3 rings (SSSR count). The second-order valence-corrected chi connectivity index (χ2v) is 5.13. The van der Waals surface area contributed by atoms with Crippen LogP contribution in [0.25, 0.3) is 17.6 Å². The largest absolute Gasteiger partial charge is 0.496 e. The maximum Gasteiger partial charge on any atom is 0.216 e. The fourth-order valence-corrected chi connectivity index (χ4v) is 2.29. The number of aromatic amines is 1. The number of allylic oxidation sites excluding steroid dienone is 1. The molecule has 0 radical (unpaired) electrons. The minimum Gasteiger partial charge on any atom is -0.496 e. The van der Waals surface area contributed by atoms with Crippen molar-refractivity contribution in [2.75, 3.05) is 7.11 Å². The Morgan fingerprint density at radius 3 is 2.83 bits per heavy atom. The van der Waals surface area contributed by atoms with E-state index in [9.17, 15) is 0 Å². The van der Waals surface area contributed by atoms with Crippen LogP contribution < -0.4 is 4.74 Å². The molecule has 24 heavy (non-hydrogen) atoms. The Labute approximate surface area is 144 Å². The molecule has 1 N–H and O–H groups in total. The Morgan fingerprint density at radius 2 is 2.04 bits per heavy atom. The molecule has 1 aromatic carbocycles. The van der Waals surface area contributed by atoms with Crippen molar-refractivity contribution in [2.45, 2.75) is 0 Å². The van der Waals surface area contributed by atoms with Gasteiger partial charge in [0.2, 0.25) is 10.6 Å². The highest BCUT2D eigenvalue weighted by Crippen LogP contribution is 2.18. The van der Waals surface area contributed by atoms with Crippen LogP contribution in [0.1, 0.15) is 5.56 Å². The molecule has 0 bridgehead atoms. The Hall–Kier alpha value is -3.06. The number of methoxy groups -OCH3 is 1. The minimum absolute atomic E-state index is 0.401. The van der Waals surface area contributed by atoms with Gasteiger partial charge < -0.3 is 4.74 Å². The number of nitrogens with zero attached hydrogens (tertiary/aromatic N) is 4. The lowest BCUT2D eigenvalue weighted by Gasteiger charge is -2.02. The number of H-pyrrole nitrogens is 1. The molecule has 120 valence electrons. The number of nitrogens with one attached hydrogen (secondary N) is 1. The molecular weight excluding hydrogens is 322 g/mol. The molecule has 6 nitrogen and oxygen atoms in total. The van der Waals surface area contributed by atoms with E-state index in [0.717, 1.165) is 11.3 Å². The third-order valence-electron chi connectivity index (χ3n) is 3.23. The summed E-state index contributed by atoms with van der Waals surface area (Å²) >= 11 is 5.21. The molecular formula is C17H15N5OS. The molecule has 0 atom stereocenters. The molecule has 0 aliphatic rings. The van der Waals surface area contributed by atoms with Crippen molar-refractivity contribution in [3.8, 4) is 17.3 Å². The zero-order valence-corrected chi connectivity index (χ0v) is 13.8. The third kappa shape index (κ3) is 3.47. The van der Waals surface area contributed by atoms with Crippen molar-refractivity contribution in [1.29, 1.82) is 0 Å². The normalized spacial score (nSPS) is 11.4. The summed E-state index contributed by atoms with van der Waals surface area (Å²) in [6, 6.07) is 13.3. The Balaban J connectivity index is 1.84. The van der Waals surface area contributed by atoms with Crippen LogP contribution in [0.2, 0.25) is 0 Å². The van der Waals surface area contributed by atoms with Crippen LogP contribution in [-0.2, 0) is 0 Å². The molecule has 0 saturated carbocycles. The molecule has 0 aliphatic heterocycles. The van der Waals surface area contributed by atoms with E-state index < -0.39 is 0 Å². The van der Waals surface area contributed by atoms with Gasteiger partial charge in [0.1, 0.15) is 11.4 Å². The van der Waals surface area contributed by atoms with Crippen LogP contribution in [0.15, 0.2) is 59.8 Å². The number of hydrogen-bond acceptors (Lipinski definition) is 5. The maximum atomic E-state index is 5.30. The van der Waals surface area contributed by atoms with Gasteiger partial charge >= 0.3 is 0 Å². The van der Waals surface area contributed by atoms with Gasteiger partial charge in [0.05, 0.1) is 7.11 Å². The summed E-state index contributed by atoms with van der Waals surface area (Å²) in [5.74, 6) is 1.36. The standard InChI is InChI=1S/C17H15N5OS/c1-23-15-10-3-2-7-13(15)8-6-12-19-22-16(20-21-17(22)24)14-9-4-5-11-18-14/h2-12H,1H3,(H,21,24)/b8-6+,19-12-. The summed E-state index contributed by atoms with van der Waals surface area (Å²) < 4.78 is 7.24. The first-order chi connectivity index (χ1) is 11.8. The van der Waals surface area contributed by atoms with E-state index in [0.29, 0.717) is 16.3 Å². The van der Waals surface area contributed by atoms with Crippen LogP contribution in [0, 0.1) is 4.77 Å². The average molecular weight is 337 g/mol. The SMILES string of the molecule is COc1ccccc1/C=C/C=N\n1c(-c2ccccn2)n[nH]c1=S. The van der Waals surface area contributed by atoms with Gasteiger partial charge in [0.25, 0.3) is 0 Å². The number of para-hydroxylation sites is 1. The van der Waals surface area contributed by atoms with E-state index in [2.05, 4.69) is 20.3 Å². The number of hydrogen-bond donors (Lipinski definition) is 1. The zero-order valence-electron chi connectivity index (χ0n) is 13.0. The predicted molar refractivity (Wildman–Crippen MR) is 96.6 cm³/mol. The van der Waals surface area contributed by atoms with E-state index in [4.69, 9.17) is 17.0 Å². The molecule has 2 heterocycles. The molecule has 2 aromatic heterocycles. The van der Waals surface area contributed by atoms with Crippen molar-refractivity contribution in [1.82, 2.24) is 19.9 Å². The number of benzene rings is 1. The first-order valence-electron chi connectivity index (χ1n) is 7.22. The number of ether oxygens (including phenoxy) is 1. The van der Waals surface area contributed by atoms with Crippen molar-refractivity contribution in [3.05, 3.63) is 65.1 Å². The van der Waals surface area contributed by atoms with Gasteiger partial charge in [-0.15, -0.1) is 0 Å². The monoisotopic (exact) mass is 337 g/mol. The average Bonchev–Trinajstić information content (AvgIpc) is 3.00. The number of aromatic nitrogens is 4. The summed E-state index contributed by atoms with van der Waals surface area (Å²) in [6.07, 6.45) is 7.06. The van der Waals surface area contributed by atoms with Crippen LogP contribution in [0.5, 0.6) is 5.75 Å². The van der Waals surface area contributed by atoms with Crippen molar-refractivity contribution >= 4 is 24.5 Å². The zero-order chi connectivity index (χ0) is 16.8. The van der Waals surface area contributed by atoms with Gasteiger partial charge in [0, 0.05) is 18.0 Å². The summed E-state index contributed by atoms with van der Waals surface area (Å²) in [5.41, 5.74) is 1.66. The van der Waals surface area contributed by atoms with E-state index >= 15 is 0 Å². The summed E-state index contributed by atoms with van der Waals surface area (Å²) in [4.78, 5) is 4.26. The highest BCUT2D eigenvalue weighted by Gasteiger charge is 2.08. The third-order valence-corrected chi connectivity index (χ3v) is 3.49. The van der Waals surface area contributed by atoms with Crippen LogP contribution in [0.3, 0.4) is 0 Å². The fraction of sp³-hybridized carbons (Fsp3) is 0.0588. The van der Waals surface area contributed by atoms with Gasteiger partial charge in [-0.1, -0.05) is 24.3 Å². The van der Waals surface area contributed by atoms with E-state index in [1.807, 2.05) is 54.6 Å². The number of rotatable bonds is 5. The van der Waals surface area contributed by atoms with E-state index in [1.165, 1.54) is 4.68 Å². The highest BCUT2D eigenvalue weighted by molar-refractivity contribution is 7.71.